The average molecular weight is 282 g/mol. The third-order valence-corrected chi connectivity index (χ3v) is 4.01. The van der Waals surface area contributed by atoms with Crippen LogP contribution < -0.4 is 0 Å². The molecule has 1 aliphatic rings. The second-order valence-electron chi connectivity index (χ2n) is 5.94. The van der Waals surface area contributed by atoms with Gasteiger partial charge in [-0.15, -0.1) is 0 Å². The maximum absolute atomic E-state index is 4.69. The van der Waals surface area contributed by atoms with Gasteiger partial charge in [-0.25, -0.2) is 9.97 Å². The molecule has 1 aliphatic heterocycles. The summed E-state index contributed by atoms with van der Waals surface area (Å²) in [6.07, 6.45) is 6.17. The minimum atomic E-state index is 0.370. The molecule has 0 aromatic carbocycles. The molecule has 0 spiro atoms. The number of likely N-dealkylation sites (tertiary alicyclic amines) is 1. The summed E-state index contributed by atoms with van der Waals surface area (Å²) in [6, 6.07) is 8.62. The van der Waals surface area contributed by atoms with Gasteiger partial charge in [0.1, 0.15) is 5.82 Å². The zero-order valence-electron chi connectivity index (χ0n) is 12.7. The Balaban J connectivity index is 1.76. The van der Waals surface area contributed by atoms with Crippen LogP contribution in [-0.2, 0) is 6.54 Å². The van der Waals surface area contributed by atoms with Crippen molar-refractivity contribution in [1.82, 2.24) is 19.9 Å². The average Bonchev–Trinajstić information content (AvgIpc) is 2.96. The Kier molecular flexibility index (Phi) is 4.25. The Morgan fingerprint density at radius 2 is 2.10 bits per heavy atom. The van der Waals surface area contributed by atoms with Crippen LogP contribution in [-0.4, -0.2) is 26.4 Å². The molecule has 21 heavy (non-hydrogen) atoms. The van der Waals surface area contributed by atoms with E-state index in [0.29, 0.717) is 12.0 Å². The fourth-order valence-electron chi connectivity index (χ4n) is 2.91. The van der Waals surface area contributed by atoms with E-state index < -0.39 is 0 Å². The first kappa shape index (κ1) is 14.1. The molecule has 0 unspecified atom stereocenters. The van der Waals surface area contributed by atoms with Crippen LogP contribution in [0.4, 0.5) is 0 Å². The predicted molar refractivity (Wildman–Crippen MR) is 82.7 cm³/mol. The number of pyridine rings is 1. The van der Waals surface area contributed by atoms with Crippen molar-refractivity contribution < 1.29 is 0 Å². The van der Waals surface area contributed by atoms with Crippen molar-refractivity contribution in [2.75, 3.05) is 6.54 Å². The van der Waals surface area contributed by atoms with Gasteiger partial charge in [0, 0.05) is 24.9 Å². The molecule has 2 aromatic heterocycles. The van der Waals surface area contributed by atoms with E-state index in [-0.39, 0.29) is 0 Å². The highest BCUT2D eigenvalue weighted by atomic mass is 15.2. The Morgan fingerprint density at radius 3 is 2.86 bits per heavy atom. The van der Waals surface area contributed by atoms with Crippen LogP contribution in [0, 0.1) is 0 Å². The summed E-state index contributed by atoms with van der Waals surface area (Å²) in [5.74, 6) is 1.30. The maximum Gasteiger partial charge on any atom is 0.131 e. The Bertz CT molecular complexity index is 582. The Morgan fingerprint density at radius 1 is 1.19 bits per heavy atom. The molecule has 110 valence electrons. The van der Waals surface area contributed by atoms with Gasteiger partial charge in [-0.3, -0.25) is 9.88 Å². The molecule has 0 bridgehead atoms. The highest BCUT2D eigenvalue weighted by molar-refractivity contribution is 5.12. The summed E-state index contributed by atoms with van der Waals surface area (Å²) in [7, 11) is 0. The lowest BCUT2D eigenvalue weighted by Crippen LogP contribution is -2.24. The SMILES string of the molecule is CC(C)c1nccc(CN2CCC[C@@H]2c2ccccn2)n1. The maximum atomic E-state index is 4.69. The molecule has 0 N–H and O–H groups in total. The molecule has 1 fully saturated rings. The van der Waals surface area contributed by atoms with E-state index in [1.165, 1.54) is 18.5 Å². The van der Waals surface area contributed by atoms with Crippen LogP contribution in [0.15, 0.2) is 36.7 Å². The molecule has 4 heteroatoms. The number of hydrogen-bond acceptors (Lipinski definition) is 4. The van der Waals surface area contributed by atoms with E-state index in [1.54, 1.807) is 0 Å². The second kappa shape index (κ2) is 6.31. The lowest BCUT2D eigenvalue weighted by atomic mass is 10.1. The van der Waals surface area contributed by atoms with Gasteiger partial charge in [-0.05, 0) is 37.6 Å². The molecule has 1 saturated heterocycles. The first-order valence-electron chi connectivity index (χ1n) is 7.71. The quantitative estimate of drug-likeness (QED) is 0.862. The summed E-state index contributed by atoms with van der Waals surface area (Å²) in [6.45, 7) is 6.25. The highest BCUT2D eigenvalue weighted by Gasteiger charge is 2.27. The largest absolute Gasteiger partial charge is 0.289 e. The number of rotatable bonds is 4. The van der Waals surface area contributed by atoms with Crippen LogP contribution in [0.1, 0.15) is 55.9 Å². The lowest BCUT2D eigenvalue weighted by molar-refractivity contribution is 0.241. The van der Waals surface area contributed by atoms with Crippen LogP contribution in [0.25, 0.3) is 0 Å². The molecule has 0 radical (unpaired) electrons. The van der Waals surface area contributed by atoms with E-state index >= 15 is 0 Å². The van der Waals surface area contributed by atoms with Crippen molar-refractivity contribution >= 4 is 0 Å². The lowest BCUT2D eigenvalue weighted by Gasteiger charge is -2.23. The van der Waals surface area contributed by atoms with Crippen molar-refractivity contribution in [3.63, 3.8) is 0 Å². The molecule has 0 amide bonds. The van der Waals surface area contributed by atoms with Crippen LogP contribution in [0.2, 0.25) is 0 Å². The second-order valence-corrected chi connectivity index (χ2v) is 5.94. The van der Waals surface area contributed by atoms with Gasteiger partial charge in [0.05, 0.1) is 17.4 Å². The molecule has 0 saturated carbocycles. The van der Waals surface area contributed by atoms with Crippen molar-refractivity contribution in [1.29, 1.82) is 0 Å². The van der Waals surface area contributed by atoms with Gasteiger partial charge >= 0.3 is 0 Å². The molecule has 1 atom stereocenters. The number of nitrogens with zero attached hydrogens (tertiary/aromatic N) is 4. The summed E-state index contributed by atoms with van der Waals surface area (Å²) >= 11 is 0. The van der Waals surface area contributed by atoms with E-state index in [1.807, 2.05) is 24.5 Å². The molecular formula is C17H22N4. The number of aromatic nitrogens is 3. The zero-order valence-corrected chi connectivity index (χ0v) is 12.7. The normalized spacial score (nSPS) is 19.3. The summed E-state index contributed by atoms with van der Waals surface area (Å²) in [5.41, 5.74) is 2.28. The predicted octanol–water partition coefficient (Wildman–Crippen LogP) is 3.33. The standard InChI is InChI=1S/C17H22N4/c1-13(2)17-19-10-8-14(20-17)12-21-11-5-7-16(21)15-6-3-4-9-18-15/h3-4,6,8-10,13,16H,5,7,11-12H2,1-2H3/t16-/m1/s1. The Labute approximate surface area is 126 Å². The van der Waals surface area contributed by atoms with E-state index in [4.69, 9.17) is 4.98 Å². The first-order chi connectivity index (χ1) is 10.2. The van der Waals surface area contributed by atoms with Crippen molar-refractivity contribution in [2.45, 2.75) is 45.2 Å². The van der Waals surface area contributed by atoms with Crippen molar-refractivity contribution in [3.05, 3.63) is 53.9 Å². The van der Waals surface area contributed by atoms with Gasteiger partial charge in [0.25, 0.3) is 0 Å². The van der Waals surface area contributed by atoms with Crippen molar-refractivity contribution in [2.24, 2.45) is 0 Å². The smallest absolute Gasteiger partial charge is 0.131 e. The monoisotopic (exact) mass is 282 g/mol. The number of hydrogen-bond donors (Lipinski definition) is 0. The topological polar surface area (TPSA) is 41.9 Å². The zero-order chi connectivity index (χ0) is 14.7. The van der Waals surface area contributed by atoms with Crippen LogP contribution in [0.3, 0.4) is 0 Å². The van der Waals surface area contributed by atoms with E-state index in [0.717, 1.165) is 24.6 Å². The minimum Gasteiger partial charge on any atom is -0.289 e. The fourth-order valence-corrected chi connectivity index (χ4v) is 2.91. The summed E-state index contributed by atoms with van der Waals surface area (Å²) in [5, 5.41) is 0. The fraction of sp³-hybridized carbons (Fsp3) is 0.471. The first-order valence-corrected chi connectivity index (χ1v) is 7.71. The third-order valence-electron chi connectivity index (χ3n) is 4.01. The van der Waals surface area contributed by atoms with Gasteiger partial charge < -0.3 is 0 Å². The van der Waals surface area contributed by atoms with E-state index in [9.17, 15) is 0 Å². The molecule has 3 heterocycles. The van der Waals surface area contributed by atoms with Gasteiger partial charge in [-0.1, -0.05) is 19.9 Å². The molecule has 3 rings (SSSR count). The van der Waals surface area contributed by atoms with Gasteiger partial charge in [0.2, 0.25) is 0 Å². The third kappa shape index (κ3) is 3.27. The highest BCUT2D eigenvalue weighted by Crippen LogP contribution is 2.31. The molecule has 4 nitrogen and oxygen atoms in total. The Hall–Kier alpha value is -1.81. The van der Waals surface area contributed by atoms with Crippen molar-refractivity contribution in [3.8, 4) is 0 Å². The minimum absolute atomic E-state index is 0.370. The van der Waals surface area contributed by atoms with Crippen LogP contribution in [0.5, 0.6) is 0 Å². The van der Waals surface area contributed by atoms with E-state index in [2.05, 4.69) is 40.8 Å². The molecule has 0 aliphatic carbocycles. The summed E-state index contributed by atoms with van der Waals surface area (Å²) in [4.78, 5) is 16.0. The molecule has 2 aromatic rings. The van der Waals surface area contributed by atoms with Gasteiger partial charge in [-0.2, -0.15) is 0 Å². The van der Waals surface area contributed by atoms with Crippen LogP contribution >= 0.6 is 0 Å². The molecular weight excluding hydrogens is 260 g/mol. The van der Waals surface area contributed by atoms with Gasteiger partial charge in [0.15, 0.2) is 0 Å². The summed E-state index contributed by atoms with van der Waals surface area (Å²) < 4.78 is 0.